The third-order valence-corrected chi connectivity index (χ3v) is 6.16. The lowest BCUT2D eigenvalue weighted by atomic mass is 9.97. The molecule has 3 rings (SSSR count). The number of likely N-dealkylation sites (tertiary alicyclic amines) is 2. The molecule has 0 bridgehead atoms. The molecule has 0 amide bonds. The van der Waals surface area contributed by atoms with Crippen molar-refractivity contribution < 1.29 is 14.3 Å². The maximum absolute atomic E-state index is 11.8. The van der Waals surface area contributed by atoms with Gasteiger partial charge >= 0.3 is 5.97 Å². The number of hydrogen-bond acceptors (Lipinski definition) is 5. The first kappa shape index (κ1) is 22.4. The van der Waals surface area contributed by atoms with Crippen LogP contribution in [0.25, 0.3) is 0 Å². The van der Waals surface area contributed by atoms with Crippen LogP contribution in [0.4, 0.5) is 0 Å². The number of rotatable bonds is 7. The van der Waals surface area contributed by atoms with E-state index in [9.17, 15) is 4.79 Å². The van der Waals surface area contributed by atoms with Gasteiger partial charge in [0.15, 0.2) is 5.96 Å². The summed E-state index contributed by atoms with van der Waals surface area (Å²) in [4.78, 5) is 21.7. The molecule has 0 aromatic heterocycles. The minimum atomic E-state index is -0.0955. The Morgan fingerprint density at radius 3 is 2.50 bits per heavy atom. The number of carbonyl (C=O) groups excluding carboxylic acids is 1. The molecule has 1 atom stereocenters. The summed E-state index contributed by atoms with van der Waals surface area (Å²) >= 11 is 0. The summed E-state index contributed by atoms with van der Waals surface area (Å²) < 4.78 is 10.6. The summed E-state index contributed by atoms with van der Waals surface area (Å²) in [7, 11) is 3.20. The zero-order chi connectivity index (χ0) is 21.3. The first-order valence-corrected chi connectivity index (χ1v) is 11.2. The topological polar surface area (TPSA) is 66.4 Å². The summed E-state index contributed by atoms with van der Waals surface area (Å²) in [6, 6.07) is 8.48. The molecule has 166 valence electrons. The van der Waals surface area contributed by atoms with Crippen LogP contribution in [-0.4, -0.2) is 75.2 Å². The van der Waals surface area contributed by atoms with E-state index in [2.05, 4.69) is 34.2 Å². The second kappa shape index (κ2) is 11.2. The highest BCUT2D eigenvalue weighted by Crippen LogP contribution is 2.32. The van der Waals surface area contributed by atoms with Crippen molar-refractivity contribution in [2.45, 2.75) is 38.6 Å². The fourth-order valence-corrected chi connectivity index (χ4v) is 4.50. The maximum Gasteiger partial charge on any atom is 0.308 e. The lowest BCUT2D eigenvalue weighted by Gasteiger charge is -2.34. The van der Waals surface area contributed by atoms with Gasteiger partial charge in [0.25, 0.3) is 0 Å². The smallest absolute Gasteiger partial charge is 0.308 e. The van der Waals surface area contributed by atoms with Gasteiger partial charge in [-0.25, -0.2) is 0 Å². The molecule has 7 nitrogen and oxygen atoms in total. The van der Waals surface area contributed by atoms with Gasteiger partial charge in [0.05, 0.1) is 32.7 Å². The van der Waals surface area contributed by atoms with Crippen LogP contribution in [0.15, 0.2) is 29.3 Å². The molecule has 7 heteroatoms. The largest absolute Gasteiger partial charge is 0.496 e. The number of ether oxygens (including phenoxy) is 2. The van der Waals surface area contributed by atoms with E-state index in [1.54, 1.807) is 7.11 Å². The van der Waals surface area contributed by atoms with Crippen LogP contribution in [0.2, 0.25) is 0 Å². The van der Waals surface area contributed by atoms with E-state index in [0.717, 1.165) is 57.3 Å². The Kier molecular flexibility index (Phi) is 8.37. The molecule has 2 fully saturated rings. The first-order chi connectivity index (χ1) is 14.7. The number of esters is 1. The fourth-order valence-electron chi connectivity index (χ4n) is 4.50. The van der Waals surface area contributed by atoms with Gasteiger partial charge in [-0.05, 0) is 51.8 Å². The van der Waals surface area contributed by atoms with Crippen LogP contribution in [0.1, 0.15) is 44.2 Å². The number of hydrogen-bond donors (Lipinski definition) is 1. The van der Waals surface area contributed by atoms with E-state index < -0.39 is 0 Å². The summed E-state index contributed by atoms with van der Waals surface area (Å²) in [5, 5.41) is 3.45. The fraction of sp³-hybridized carbons (Fsp3) is 0.652. The van der Waals surface area contributed by atoms with Crippen molar-refractivity contribution in [1.82, 2.24) is 15.1 Å². The Bertz CT molecular complexity index is 710. The van der Waals surface area contributed by atoms with Gasteiger partial charge in [-0.1, -0.05) is 18.2 Å². The Morgan fingerprint density at radius 1 is 1.17 bits per heavy atom. The highest BCUT2D eigenvalue weighted by atomic mass is 16.5. The van der Waals surface area contributed by atoms with E-state index in [4.69, 9.17) is 14.5 Å². The molecule has 1 aromatic rings. The predicted octanol–water partition coefficient (Wildman–Crippen LogP) is 2.68. The summed E-state index contributed by atoms with van der Waals surface area (Å²) in [5.41, 5.74) is 1.20. The zero-order valence-corrected chi connectivity index (χ0v) is 18.6. The normalized spacial score (nSPS) is 19.6. The number of nitrogens with one attached hydrogen (secondary N) is 1. The monoisotopic (exact) mass is 416 g/mol. The summed E-state index contributed by atoms with van der Waals surface area (Å²) in [6.07, 6.45) is 4.07. The highest BCUT2D eigenvalue weighted by Gasteiger charge is 2.29. The molecule has 2 aliphatic rings. The molecule has 0 saturated carbocycles. The summed E-state index contributed by atoms with van der Waals surface area (Å²) in [5.74, 6) is 1.76. The molecular formula is C23H36N4O3. The van der Waals surface area contributed by atoms with E-state index in [0.29, 0.717) is 6.54 Å². The predicted molar refractivity (Wildman–Crippen MR) is 119 cm³/mol. The lowest BCUT2D eigenvalue weighted by molar-refractivity contribution is -0.146. The van der Waals surface area contributed by atoms with Gasteiger partial charge in [0.2, 0.25) is 0 Å². The molecule has 2 aliphatic heterocycles. The van der Waals surface area contributed by atoms with E-state index in [1.165, 1.54) is 25.5 Å². The van der Waals surface area contributed by atoms with Crippen molar-refractivity contribution in [3.63, 3.8) is 0 Å². The second-order valence-electron chi connectivity index (χ2n) is 7.98. The number of nitrogens with zero attached hydrogens (tertiary/aromatic N) is 3. The number of aliphatic imine (C=N–C) groups is 1. The molecule has 0 aliphatic carbocycles. The second-order valence-corrected chi connectivity index (χ2v) is 7.98. The van der Waals surface area contributed by atoms with Gasteiger partial charge in [0.1, 0.15) is 5.75 Å². The molecule has 0 spiro atoms. The molecule has 1 aromatic carbocycles. The van der Waals surface area contributed by atoms with E-state index in [-0.39, 0.29) is 17.9 Å². The SMILES string of the molecule is CCNC(=NCC(c1ccccc1OC)N1CCCC1)N1CCC(C(=O)OC)CC1. The molecule has 2 saturated heterocycles. The standard InChI is InChI=1S/C23H36N4O3/c1-4-24-23(27-15-11-18(12-16-27)22(28)30-3)25-17-20(26-13-7-8-14-26)19-9-5-6-10-21(19)29-2/h5-6,9-10,18,20H,4,7-8,11-17H2,1-3H3,(H,24,25). The van der Waals surface area contributed by atoms with Gasteiger partial charge < -0.3 is 19.7 Å². The number of piperidine rings is 1. The van der Waals surface area contributed by atoms with Crippen molar-refractivity contribution in [2.24, 2.45) is 10.9 Å². The van der Waals surface area contributed by atoms with Gasteiger partial charge in [-0.2, -0.15) is 0 Å². The molecule has 1 unspecified atom stereocenters. The highest BCUT2D eigenvalue weighted by molar-refractivity contribution is 5.80. The van der Waals surface area contributed by atoms with Crippen LogP contribution in [0.5, 0.6) is 5.75 Å². The Morgan fingerprint density at radius 2 is 1.87 bits per heavy atom. The first-order valence-electron chi connectivity index (χ1n) is 11.2. The van der Waals surface area contributed by atoms with Crippen LogP contribution < -0.4 is 10.1 Å². The average Bonchev–Trinajstić information content (AvgIpc) is 3.33. The Balaban J connectivity index is 1.75. The van der Waals surface area contributed by atoms with Crippen LogP contribution >= 0.6 is 0 Å². The maximum atomic E-state index is 11.8. The van der Waals surface area contributed by atoms with Gasteiger partial charge in [-0.3, -0.25) is 14.7 Å². The van der Waals surface area contributed by atoms with Crippen molar-refractivity contribution in [3.8, 4) is 5.75 Å². The van der Waals surface area contributed by atoms with Crippen molar-refractivity contribution >= 4 is 11.9 Å². The molecule has 1 N–H and O–H groups in total. The average molecular weight is 417 g/mol. The number of methoxy groups -OCH3 is 2. The number of para-hydroxylation sites is 1. The number of benzene rings is 1. The van der Waals surface area contributed by atoms with Crippen molar-refractivity contribution in [1.29, 1.82) is 0 Å². The number of guanidine groups is 1. The van der Waals surface area contributed by atoms with Crippen LogP contribution in [0.3, 0.4) is 0 Å². The zero-order valence-electron chi connectivity index (χ0n) is 18.6. The minimum absolute atomic E-state index is 0.0000508. The van der Waals surface area contributed by atoms with E-state index in [1.807, 2.05) is 12.1 Å². The molecule has 0 radical (unpaired) electrons. The Labute approximate surface area is 180 Å². The molecule has 30 heavy (non-hydrogen) atoms. The van der Waals surface area contributed by atoms with Crippen molar-refractivity contribution in [3.05, 3.63) is 29.8 Å². The van der Waals surface area contributed by atoms with Crippen LogP contribution in [0, 0.1) is 5.92 Å². The minimum Gasteiger partial charge on any atom is -0.496 e. The van der Waals surface area contributed by atoms with Crippen LogP contribution in [-0.2, 0) is 9.53 Å². The third-order valence-electron chi connectivity index (χ3n) is 6.16. The molecule has 2 heterocycles. The molecular weight excluding hydrogens is 380 g/mol. The van der Waals surface area contributed by atoms with Crippen molar-refractivity contribution in [2.75, 3.05) is 53.5 Å². The van der Waals surface area contributed by atoms with Gasteiger partial charge in [-0.15, -0.1) is 0 Å². The van der Waals surface area contributed by atoms with Gasteiger partial charge in [0, 0.05) is 25.2 Å². The third kappa shape index (κ3) is 5.45. The lowest BCUT2D eigenvalue weighted by Crippen LogP contribution is -2.47. The number of carbonyl (C=O) groups is 1. The Hall–Kier alpha value is -2.28. The quantitative estimate of drug-likeness (QED) is 0.419. The summed E-state index contributed by atoms with van der Waals surface area (Å²) in [6.45, 7) is 7.41. The van der Waals surface area contributed by atoms with E-state index >= 15 is 0 Å².